The van der Waals surface area contributed by atoms with Crippen LogP contribution in [0.25, 0.3) is 0 Å². The van der Waals surface area contributed by atoms with Gasteiger partial charge >= 0.3 is 0 Å². The third-order valence-corrected chi connectivity index (χ3v) is 3.81. The summed E-state index contributed by atoms with van der Waals surface area (Å²) in [6.07, 6.45) is 4.77. The molecule has 2 unspecified atom stereocenters. The summed E-state index contributed by atoms with van der Waals surface area (Å²) in [5, 5.41) is 3.83. The molecule has 5 nitrogen and oxygen atoms in total. The van der Waals surface area contributed by atoms with Crippen LogP contribution in [-0.2, 0) is 6.54 Å². The molecule has 1 aromatic rings. The van der Waals surface area contributed by atoms with Gasteiger partial charge in [-0.05, 0) is 32.6 Å². The van der Waals surface area contributed by atoms with E-state index < -0.39 is 0 Å². The average molecular weight is 222 g/mol. The Kier molecular flexibility index (Phi) is 2.44. The van der Waals surface area contributed by atoms with Crippen LogP contribution >= 0.6 is 0 Å². The van der Waals surface area contributed by atoms with Crippen molar-refractivity contribution in [2.24, 2.45) is 5.73 Å². The van der Waals surface area contributed by atoms with Crippen molar-refractivity contribution in [1.29, 1.82) is 0 Å². The zero-order valence-corrected chi connectivity index (χ0v) is 9.59. The minimum Gasteiger partial charge on any atom is -0.338 e. The molecule has 0 amide bonds. The molecule has 2 atom stereocenters. The molecule has 2 N–H and O–H groups in total. The van der Waals surface area contributed by atoms with Crippen LogP contribution in [0.2, 0.25) is 0 Å². The monoisotopic (exact) mass is 222 g/mol. The summed E-state index contributed by atoms with van der Waals surface area (Å²) in [5.41, 5.74) is 6.04. The quantitative estimate of drug-likeness (QED) is 0.802. The Morgan fingerprint density at radius 1 is 1.38 bits per heavy atom. The Bertz CT molecular complexity index is 364. The lowest BCUT2D eigenvalue weighted by atomic mass is 9.98. The van der Waals surface area contributed by atoms with Crippen LogP contribution in [0.4, 0.5) is 0 Å². The Labute approximate surface area is 95.0 Å². The SMILES string of the molecule is Cc1noc(CN2C3CCC2CC(N)C3)n1. The van der Waals surface area contributed by atoms with Gasteiger partial charge < -0.3 is 10.3 Å². The number of piperidine rings is 1. The van der Waals surface area contributed by atoms with Crippen molar-refractivity contribution in [3.05, 3.63) is 11.7 Å². The van der Waals surface area contributed by atoms with Gasteiger partial charge in [0.05, 0.1) is 6.54 Å². The topological polar surface area (TPSA) is 68.2 Å². The van der Waals surface area contributed by atoms with Gasteiger partial charge in [0, 0.05) is 18.1 Å². The third kappa shape index (κ3) is 1.74. The average Bonchev–Trinajstić information content (AvgIpc) is 2.72. The lowest BCUT2D eigenvalue weighted by Crippen LogP contribution is -2.46. The summed E-state index contributed by atoms with van der Waals surface area (Å²) in [5.74, 6) is 1.46. The lowest BCUT2D eigenvalue weighted by Gasteiger charge is -2.36. The predicted octanol–water partition coefficient (Wildman–Crippen LogP) is 0.832. The number of nitrogens with two attached hydrogens (primary N) is 1. The third-order valence-electron chi connectivity index (χ3n) is 3.81. The maximum atomic E-state index is 6.04. The van der Waals surface area contributed by atoms with Gasteiger partial charge in [0.2, 0.25) is 5.89 Å². The molecule has 0 radical (unpaired) electrons. The van der Waals surface area contributed by atoms with E-state index in [-0.39, 0.29) is 0 Å². The highest BCUT2D eigenvalue weighted by atomic mass is 16.5. The molecule has 88 valence electrons. The van der Waals surface area contributed by atoms with Crippen molar-refractivity contribution in [2.75, 3.05) is 0 Å². The van der Waals surface area contributed by atoms with Crippen LogP contribution < -0.4 is 5.73 Å². The van der Waals surface area contributed by atoms with E-state index >= 15 is 0 Å². The summed E-state index contributed by atoms with van der Waals surface area (Å²) in [4.78, 5) is 6.77. The molecule has 0 aliphatic carbocycles. The van der Waals surface area contributed by atoms with Crippen molar-refractivity contribution < 1.29 is 4.52 Å². The van der Waals surface area contributed by atoms with Gasteiger partial charge in [0.25, 0.3) is 0 Å². The predicted molar refractivity (Wildman–Crippen MR) is 58.6 cm³/mol. The van der Waals surface area contributed by atoms with Crippen molar-refractivity contribution >= 4 is 0 Å². The number of rotatable bonds is 2. The van der Waals surface area contributed by atoms with Crippen molar-refractivity contribution in [1.82, 2.24) is 15.0 Å². The number of hydrogen-bond acceptors (Lipinski definition) is 5. The first-order chi connectivity index (χ1) is 7.72. The van der Waals surface area contributed by atoms with Crippen LogP contribution in [0, 0.1) is 6.92 Å². The summed E-state index contributed by atoms with van der Waals surface area (Å²) in [6, 6.07) is 1.64. The van der Waals surface area contributed by atoms with Crippen molar-refractivity contribution in [3.8, 4) is 0 Å². The number of aryl methyl sites for hydroxylation is 1. The van der Waals surface area contributed by atoms with E-state index in [1.54, 1.807) is 0 Å². The van der Waals surface area contributed by atoms with Crippen molar-refractivity contribution in [2.45, 2.75) is 57.3 Å². The van der Waals surface area contributed by atoms with Gasteiger partial charge in [-0.3, -0.25) is 4.90 Å². The summed E-state index contributed by atoms with van der Waals surface area (Å²) in [7, 11) is 0. The maximum absolute atomic E-state index is 6.04. The van der Waals surface area contributed by atoms with Crippen LogP contribution in [0.5, 0.6) is 0 Å². The molecule has 0 saturated carbocycles. The summed E-state index contributed by atoms with van der Waals surface area (Å²) in [6.45, 7) is 2.65. The van der Waals surface area contributed by atoms with Crippen LogP contribution in [0.3, 0.4) is 0 Å². The van der Waals surface area contributed by atoms with Crippen LogP contribution in [0.1, 0.15) is 37.4 Å². The molecular formula is C11H18N4O. The normalized spacial score (nSPS) is 34.5. The highest BCUT2D eigenvalue weighted by Crippen LogP contribution is 2.35. The molecule has 3 heterocycles. The summed E-state index contributed by atoms with van der Waals surface area (Å²) >= 11 is 0. The van der Waals surface area contributed by atoms with Gasteiger partial charge in [-0.2, -0.15) is 4.98 Å². The first kappa shape index (κ1) is 10.2. The molecule has 5 heteroatoms. The van der Waals surface area contributed by atoms with E-state index in [1.807, 2.05) is 6.92 Å². The highest BCUT2D eigenvalue weighted by molar-refractivity contribution is 4.98. The van der Waals surface area contributed by atoms with E-state index in [9.17, 15) is 0 Å². The molecule has 1 aromatic heterocycles. The fraction of sp³-hybridized carbons (Fsp3) is 0.818. The van der Waals surface area contributed by atoms with E-state index in [0.29, 0.717) is 18.1 Å². The van der Waals surface area contributed by atoms with E-state index in [1.165, 1.54) is 12.8 Å². The minimum absolute atomic E-state index is 0.387. The molecule has 0 spiro atoms. The minimum atomic E-state index is 0.387. The van der Waals surface area contributed by atoms with E-state index in [4.69, 9.17) is 10.3 Å². The van der Waals surface area contributed by atoms with Crippen LogP contribution in [0.15, 0.2) is 4.52 Å². The second-order valence-corrected chi connectivity index (χ2v) is 5.02. The van der Waals surface area contributed by atoms with Gasteiger partial charge in [-0.25, -0.2) is 0 Å². The Hall–Kier alpha value is -0.940. The molecule has 2 aliphatic rings. The van der Waals surface area contributed by atoms with E-state index in [2.05, 4.69) is 15.0 Å². The fourth-order valence-electron chi connectivity index (χ4n) is 3.13. The number of fused-ring (bicyclic) bond motifs is 2. The highest BCUT2D eigenvalue weighted by Gasteiger charge is 2.40. The molecule has 2 fully saturated rings. The molecule has 3 rings (SSSR count). The Morgan fingerprint density at radius 3 is 2.62 bits per heavy atom. The second kappa shape index (κ2) is 3.82. The smallest absolute Gasteiger partial charge is 0.240 e. The molecule has 2 saturated heterocycles. The largest absolute Gasteiger partial charge is 0.338 e. The summed E-state index contributed by atoms with van der Waals surface area (Å²) < 4.78 is 5.18. The maximum Gasteiger partial charge on any atom is 0.240 e. The number of aromatic nitrogens is 2. The first-order valence-corrected chi connectivity index (χ1v) is 6.03. The molecular weight excluding hydrogens is 204 g/mol. The van der Waals surface area contributed by atoms with E-state index in [0.717, 1.165) is 31.1 Å². The Balaban J connectivity index is 1.72. The molecule has 2 aliphatic heterocycles. The van der Waals surface area contributed by atoms with Gasteiger partial charge in [-0.15, -0.1) is 0 Å². The first-order valence-electron chi connectivity index (χ1n) is 6.03. The van der Waals surface area contributed by atoms with Gasteiger partial charge in [0.1, 0.15) is 0 Å². The number of nitrogens with zero attached hydrogens (tertiary/aromatic N) is 3. The zero-order chi connectivity index (χ0) is 11.1. The van der Waals surface area contributed by atoms with Crippen molar-refractivity contribution in [3.63, 3.8) is 0 Å². The molecule has 2 bridgehead atoms. The molecule has 0 aromatic carbocycles. The van der Waals surface area contributed by atoms with Crippen LogP contribution in [-0.4, -0.2) is 33.2 Å². The second-order valence-electron chi connectivity index (χ2n) is 5.02. The number of hydrogen-bond donors (Lipinski definition) is 1. The molecule has 16 heavy (non-hydrogen) atoms. The van der Waals surface area contributed by atoms with Gasteiger partial charge in [0.15, 0.2) is 5.82 Å². The lowest BCUT2D eigenvalue weighted by molar-refractivity contribution is 0.105. The Morgan fingerprint density at radius 2 is 2.06 bits per heavy atom. The fourth-order valence-corrected chi connectivity index (χ4v) is 3.13. The zero-order valence-electron chi connectivity index (χ0n) is 9.59. The van der Waals surface area contributed by atoms with Gasteiger partial charge in [-0.1, -0.05) is 5.16 Å². The standard InChI is InChI=1S/C11H18N4O/c1-7-13-11(16-14-7)6-15-9-2-3-10(15)5-8(12)4-9/h8-10H,2-6,12H2,1H3.